The summed E-state index contributed by atoms with van der Waals surface area (Å²) in [5, 5.41) is 12.7. The summed E-state index contributed by atoms with van der Waals surface area (Å²) in [4.78, 5) is 0. The number of hydrogen-bond donors (Lipinski definition) is 1. The summed E-state index contributed by atoms with van der Waals surface area (Å²) in [6.07, 6.45) is 2.81. The van der Waals surface area contributed by atoms with Crippen LogP contribution in [0.15, 0.2) is 12.7 Å². The fraction of sp³-hybridized carbons (Fsp3) is 0.556. The first-order chi connectivity index (χ1) is 6.86. The van der Waals surface area contributed by atoms with Gasteiger partial charge in [-0.15, -0.1) is 5.10 Å². The zero-order valence-electron chi connectivity index (χ0n) is 8.32. The summed E-state index contributed by atoms with van der Waals surface area (Å²) >= 11 is 1.47. The molecule has 0 unspecified atom stereocenters. The first-order valence-electron chi connectivity index (χ1n) is 4.63. The molecule has 4 nitrogen and oxygen atoms in total. The van der Waals surface area contributed by atoms with Crippen LogP contribution in [-0.2, 0) is 6.54 Å². The van der Waals surface area contributed by atoms with Crippen molar-refractivity contribution >= 4 is 11.3 Å². The van der Waals surface area contributed by atoms with Crippen LogP contribution in [0.2, 0.25) is 0 Å². The Bertz CT molecular complexity index is 275. The van der Waals surface area contributed by atoms with Crippen molar-refractivity contribution < 1.29 is 4.74 Å². The first kappa shape index (κ1) is 11.1. The van der Waals surface area contributed by atoms with Gasteiger partial charge in [-0.1, -0.05) is 36.0 Å². The van der Waals surface area contributed by atoms with E-state index in [1.165, 1.54) is 11.3 Å². The van der Waals surface area contributed by atoms with Gasteiger partial charge in [-0.3, -0.25) is 0 Å². The molecular weight excluding hydrogens is 198 g/mol. The van der Waals surface area contributed by atoms with E-state index >= 15 is 0 Å². The van der Waals surface area contributed by atoms with Gasteiger partial charge in [0.2, 0.25) is 0 Å². The van der Waals surface area contributed by atoms with Gasteiger partial charge in [0.25, 0.3) is 5.19 Å². The van der Waals surface area contributed by atoms with Crippen molar-refractivity contribution in [3.8, 4) is 5.19 Å². The third-order valence-corrected chi connectivity index (χ3v) is 2.31. The molecule has 1 N–H and O–H groups in total. The van der Waals surface area contributed by atoms with Gasteiger partial charge in [0.05, 0.1) is 0 Å². The Balaban J connectivity index is 2.31. The van der Waals surface area contributed by atoms with Crippen LogP contribution >= 0.6 is 11.3 Å². The normalized spacial score (nSPS) is 10.1. The van der Waals surface area contributed by atoms with Crippen molar-refractivity contribution in [1.29, 1.82) is 0 Å². The van der Waals surface area contributed by atoms with Crippen LogP contribution in [0.3, 0.4) is 0 Å². The summed E-state index contributed by atoms with van der Waals surface area (Å²) < 4.78 is 5.24. The zero-order chi connectivity index (χ0) is 10.2. The zero-order valence-corrected chi connectivity index (χ0v) is 9.14. The molecule has 0 aliphatic carbocycles. The second kappa shape index (κ2) is 6.50. The number of rotatable bonds is 7. The molecule has 0 aliphatic rings. The summed E-state index contributed by atoms with van der Waals surface area (Å²) in [6.45, 7) is 7.95. The van der Waals surface area contributed by atoms with Crippen LogP contribution in [-0.4, -0.2) is 23.3 Å². The van der Waals surface area contributed by atoms with E-state index in [1.54, 1.807) is 6.08 Å². The van der Waals surface area contributed by atoms with Crippen LogP contribution in [0.4, 0.5) is 0 Å². The van der Waals surface area contributed by atoms with Gasteiger partial charge in [-0.05, 0) is 13.0 Å². The van der Waals surface area contributed by atoms with E-state index in [9.17, 15) is 0 Å². The van der Waals surface area contributed by atoms with Gasteiger partial charge in [0.15, 0.2) is 0 Å². The maximum absolute atomic E-state index is 5.24. The molecule has 0 aliphatic heterocycles. The predicted octanol–water partition coefficient (Wildman–Crippen LogP) is 1.60. The average molecular weight is 213 g/mol. The predicted molar refractivity (Wildman–Crippen MR) is 57.6 cm³/mol. The molecule has 1 aromatic rings. The van der Waals surface area contributed by atoms with Gasteiger partial charge < -0.3 is 10.1 Å². The Morgan fingerprint density at radius 3 is 3.14 bits per heavy atom. The number of nitrogens with one attached hydrogen (secondary N) is 1. The standard InChI is InChI=1S/C9H15N3OS/c1-3-5-10-7-8-11-12-9(14-8)13-6-4-2/h4,10H,2-3,5-7H2,1H3. The Labute approximate surface area is 88.0 Å². The highest BCUT2D eigenvalue weighted by molar-refractivity contribution is 7.13. The number of hydrogen-bond acceptors (Lipinski definition) is 5. The minimum absolute atomic E-state index is 0.483. The van der Waals surface area contributed by atoms with Gasteiger partial charge in [-0.25, -0.2) is 0 Å². The molecular formula is C9H15N3OS. The lowest BCUT2D eigenvalue weighted by Crippen LogP contribution is -2.13. The molecule has 0 aromatic carbocycles. The molecule has 0 spiro atoms. The molecule has 78 valence electrons. The van der Waals surface area contributed by atoms with E-state index < -0.39 is 0 Å². The Morgan fingerprint density at radius 1 is 1.57 bits per heavy atom. The molecule has 1 aromatic heterocycles. The van der Waals surface area contributed by atoms with E-state index in [-0.39, 0.29) is 0 Å². The molecule has 14 heavy (non-hydrogen) atoms. The summed E-state index contributed by atoms with van der Waals surface area (Å²) in [5.74, 6) is 0. The molecule has 0 fully saturated rings. The van der Waals surface area contributed by atoms with Crippen molar-refractivity contribution in [2.75, 3.05) is 13.2 Å². The lowest BCUT2D eigenvalue weighted by molar-refractivity contribution is 0.357. The van der Waals surface area contributed by atoms with E-state index in [4.69, 9.17) is 4.74 Å². The third-order valence-electron chi connectivity index (χ3n) is 1.48. The molecule has 1 heterocycles. The van der Waals surface area contributed by atoms with Crippen molar-refractivity contribution in [1.82, 2.24) is 15.5 Å². The van der Waals surface area contributed by atoms with Gasteiger partial charge in [0.1, 0.15) is 11.6 Å². The van der Waals surface area contributed by atoms with Crippen LogP contribution in [0, 0.1) is 0 Å². The van der Waals surface area contributed by atoms with Gasteiger partial charge >= 0.3 is 0 Å². The summed E-state index contributed by atoms with van der Waals surface area (Å²) in [7, 11) is 0. The van der Waals surface area contributed by atoms with E-state index in [2.05, 4.69) is 29.0 Å². The Hall–Kier alpha value is -0.940. The molecule has 1 rings (SSSR count). The lowest BCUT2D eigenvalue weighted by Gasteiger charge is -1.96. The minimum Gasteiger partial charge on any atom is -0.465 e. The summed E-state index contributed by atoms with van der Waals surface area (Å²) in [6, 6.07) is 0. The van der Waals surface area contributed by atoms with Crippen molar-refractivity contribution in [2.45, 2.75) is 19.9 Å². The molecule has 0 saturated carbocycles. The second-order valence-electron chi connectivity index (χ2n) is 2.74. The number of aromatic nitrogens is 2. The lowest BCUT2D eigenvalue weighted by atomic mass is 10.5. The van der Waals surface area contributed by atoms with E-state index in [1.807, 2.05) is 0 Å². The van der Waals surface area contributed by atoms with Crippen molar-refractivity contribution in [2.24, 2.45) is 0 Å². The van der Waals surface area contributed by atoms with Crippen molar-refractivity contribution in [3.63, 3.8) is 0 Å². The topological polar surface area (TPSA) is 47.0 Å². The molecule has 0 amide bonds. The molecule has 0 saturated heterocycles. The maximum Gasteiger partial charge on any atom is 0.294 e. The van der Waals surface area contributed by atoms with Crippen LogP contribution in [0.5, 0.6) is 5.19 Å². The average Bonchev–Trinajstić information content (AvgIpc) is 2.63. The molecule has 5 heteroatoms. The number of ether oxygens (including phenoxy) is 1. The summed E-state index contributed by atoms with van der Waals surface area (Å²) in [5.41, 5.74) is 0. The monoisotopic (exact) mass is 213 g/mol. The minimum atomic E-state index is 0.483. The molecule has 0 bridgehead atoms. The van der Waals surface area contributed by atoms with E-state index in [0.717, 1.165) is 24.5 Å². The van der Waals surface area contributed by atoms with Crippen molar-refractivity contribution in [3.05, 3.63) is 17.7 Å². The number of nitrogens with zero attached hydrogens (tertiary/aromatic N) is 2. The fourth-order valence-electron chi connectivity index (χ4n) is 0.870. The molecule has 0 radical (unpaired) electrons. The first-order valence-corrected chi connectivity index (χ1v) is 5.45. The highest BCUT2D eigenvalue weighted by Crippen LogP contribution is 2.17. The van der Waals surface area contributed by atoms with Gasteiger partial charge in [-0.2, -0.15) is 0 Å². The van der Waals surface area contributed by atoms with Crippen LogP contribution in [0.25, 0.3) is 0 Å². The third kappa shape index (κ3) is 3.85. The highest BCUT2D eigenvalue weighted by Gasteiger charge is 2.03. The Morgan fingerprint density at radius 2 is 2.43 bits per heavy atom. The maximum atomic E-state index is 5.24. The largest absolute Gasteiger partial charge is 0.465 e. The molecule has 0 atom stereocenters. The Kier molecular flexibility index (Phi) is 5.17. The van der Waals surface area contributed by atoms with Crippen LogP contribution in [0.1, 0.15) is 18.4 Å². The van der Waals surface area contributed by atoms with Crippen LogP contribution < -0.4 is 10.1 Å². The highest BCUT2D eigenvalue weighted by atomic mass is 32.1. The fourth-order valence-corrected chi connectivity index (χ4v) is 1.54. The second-order valence-corrected chi connectivity index (χ2v) is 3.76. The smallest absolute Gasteiger partial charge is 0.294 e. The quantitative estimate of drug-likeness (QED) is 0.552. The SMILES string of the molecule is C=CCOc1nnc(CNCCC)s1. The van der Waals surface area contributed by atoms with E-state index in [0.29, 0.717) is 11.8 Å². The van der Waals surface area contributed by atoms with Gasteiger partial charge in [0, 0.05) is 6.54 Å².